The molecule has 0 saturated carbocycles. The highest BCUT2D eigenvalue weighted by atomic mass is 32.2. The summed E-state index contributed by atoms with van der Waals surface area (Å²) in [4.78, 5) is 14.6. The normalized spacial score (nSPS) is 11.6. The van der Waals surface area contributed by atoms with E-state index in [0.29, 0.717) is 11.6 Å². The Balaban J connectivity index is 1.93. The van der Waals surface area contributed by atoms with Crippen molar-refractivity contribution in [1.82, 2.24) is 24.9 Å². The number of aryl methyl sites for hydroxylation is 2. The second-order valence-electron chi connectivity index (χ2n) is 7.49. The molecule has 0 N–H and O–H groups in total. The minimum absolute atomic E-state index is 0.114. The van der Waals surface area contributed by atoms with Gasteiger partial charge in [-0.25, -0.2) is 4.68 Å². The molecule has 0 fully saturated rings. The van der Waals surface area contributed by atoms with Crippen LogP contribution in [0, 0.1) is 13.8 Å². The number of carbonyl (C=O) groups excluding carboxylic acids is 1. The molecule has 3 rings (SSSR count). The van der Waals surface area contributed by atoms with E-state index in [1.54, 1.807) is 0 Å². The summed E-state index contributed by atoms with van der Waals surface area (Å²) in [6.45, 7) is 12.1. The lowest BCUT2D eigenvalue weighted by molar-refractivity contribution is -0.131. The van der Waals surface area contributed by atoms with Crippen molar-refractivity contribution in [3.8, 4) is 5.82 Å². The quantitative estimate of drug-likeness (QED) is 0.584. The average Bonchev–Trinajstić information content (AvgIpc) is 2.97. The van der Waals surface area contributed by atoms with Crippen molar-refractivity contribution in [3.63, 3.8) is 0 Å². The van der Waals surface area contributed by atoms with Gasteiger partial charge in [-0.05, 0) is 47.6 Å². The summed E-state index contributed by atoms with van der Waals surface area (Å²) < 4.78 is 1.82. The first-order chi connectivity index (χ1) is 13.3. The van der Waals surface area contributed by atoms with E-state index in [9.17, 15) is 4.79 Å². The maximum atomic E-state index is 12.7. The van der Waals surface area contributed by atoms with Gasteiger partial charge in [0.2, 0.25) is 5.91 Å². The van der Waals surface area contributed by atoms with E-state index in [-0.39, 0.29) is 18.0 Å². The molecule has 0 aliphatic rings. The lowest BCUT2D eigenvalue weighted by Crippen LogP contribution is -2.43. The highest BCUT2D eigenvalue weighted by Crippen LogP contribution is 2.29. The van der Waals surface area contributed by atoms with Crippen LogP contribution in [0.4, 0.5) is 0 Å². The number of hydrogen-bond acceptors (Lipinski definition) is 5. The smallest absolute Gasteiger partial charge is 0.233 e. The number of nitrogens with zero attached hydrogens (tertiary/aromatic N) is 5. The number of aromatic nitrogens is 4. The monoisotopic (exact) mass is 397 g/mol. The molecule has 7 heteroatoms. The van der Waals surface area contributed by atoms with Crippen molar-refractivity contribution in [3.05, 3.63) is 41.7 Å². The van der Waals surface area contributed by atoms with Crippen LogP contribution in [0.2, 0.25) is 0 Å². The Bertz CT molecular complexity index is 988. The summed E-state index contributed by atoms with van der Waals surface area (Å²) in [7, 11) is 0. The molecule has 0 unspecified atom stereocenters. The van der Waals surface area contributed by atoms with E-state index in [1.807, 2.05) is 81.5 Å². The predicted molar refractivity (Wildman–Crippen MR) is 114 cm³/mol. The van der Waals surface area contributed by atoms with Gasteiger partial charge in [0.05, 0.1) is 11.4 Å². The average molecular weight is 398 g/mol. The first-order valence-electron chi connectivity index (χ1n) is 9.52. The van der Waals surface area contributed by atoms with Crippen LogP contribution in [0.5, 0.6) is 0 Å². The zero-order valence-corrected chi connectivity index (χ0v) is 18.1. The predicted octanol–water partition coefficient (Wildman–Crippen LogP) is 4.17. The van der Waals surface area contributed by atoms with Crippen molar-refractivity contribution in [1.29, 1.82) is 0 Å². The highest BCUT2D eigenvalue weighted by Gasteiger charge is 2.21. The van der Waals surface area contributed by atoms with Crippen LogP contribution in [0.25, 0.3) is 16.6 Å². The van der Waals surface area contributed by atoms with Gasteiger partial charge in [0.15, 0.2) is 5.82 Å². The van der Waals surface area contributed by atoms with E-state index in [0.717, 1.165) is 27.2 Å². The minimum Gasteiger partial charge on any atom is -0.337 e. The Labute approximate surface area is 170 Å². The third-order valence-corrected chi connectivity index (χ3v) is 5.54. The first kappa shape index (κ1) is 20.3. The van der Waals surface area contributed by atoms with Crippen molar-refractivity contribution in [2.24, 2.45) is 0 Å². The minimum atomic E-state index is 0.114. The highest BCUT2D eigenvalue weighted by molar-refractivity contribution is 8.00. The fourth-order valence-corrected chi connectivity index (χ4v) is 4.39. The van der Waals surface area contributed by atoms with Crippen molar-refractivity contribution in [2.45, 2.75) is 58.7 Å². The van der Waals surface area contributed by atoms with E-state index >= 15 is 0 Å². The molecule has 0 spiro atoms. The molecule has 28 heavy (non-hydrogen) atoms. The fraction of sp³-hybridized carbons (Fsp3) is 0.429. The molecule has 1 aromatic carbocycles. The number of hydrogen-bond donors (Lipinski definition) is 0. The number of thioether (sulfide) groups is 1. The summed E-state index contributed by atoms with van der Waals surface area (Å²) in [5.41, 5.74) is 1.95. The summed E-state index contributed by atoms with van der Waals surface area (Å²) in [5.74, 6) is 1.17. The van der Waals surface area contributed by atoms with E-state index in [1.165, 1.54) is 11.8 Å². The van der Waals surface area contributed by atoms with Gasteiger partial charge >= 0.3 is 0 Å². The number of fused-ring (bicyclic) bond motifs is 1. The molecule has 6 nitrogen and oxygen atoms in total. The molecule has 3 aromatic rings. The molecule has 2 aromatic heterocycles. The van der Waals surface area contributed by atoms with Crippen LogP contribution < -0.4 is 0 Å². The Morgan fingerprint density at radius 1 is 1.07 bits per heavy atom. The van der Waals surface area contributed by atoms with Crippen molar-refractivity contribution >= 4 is 28.4 Å². The van der Waals surface area contributed by atoms with Crippen LogP contribution in [-0.2, 0) is 4.79 Å². The molecule has 0 radical (unpaired) electrons. The maximum Gasteiger partial charge on any atom is 0.233 e. The second kappa shape index (κ2) is 8.31. The van der Waals surface area contributed by atoms with Crippen LogP contribution in [0.3, 0.4) is 0 Å². The van der Waals surface area contributed by atoms with Crippen LogP contribution in [-0.4, -0.2) is 48.6 Å². The molecular weight excluding hydrogens is 370 g/mol. The lowest BCUT2D eigenvalue weighted by Gasteiger charge is -2.30. The lowest BCUT2D eigenvalue weighted by atomic mass is 10.2. The first-order valence-corrected chi connectivity index (χ1v) is 10.5. The molecule has 0 aliphatic carbocycles. The number of amides is 1. The van der Waals surface area contributed by atoms with Gasteiger partial charge in [-0.2, -0.15) is 5.10 Å². The van der Waals surface area contributed by atoms with Crippen LogP contribution in [0.1, 0.15) is 39.1 Å². The molecule has 2 heterocycles. The van der Waals surface area contributed by atoms with Gasteiger partial charge in [-0.1, -0.05) is 36.0 Å². The molecule has 0 saturated heterocycles. The van der Waals surface area contributed by atoms with Crippen LogP contribution in [0.15, 0.2) is 35.4 Å². The fourth-order valence-electron chi connectivity index (χ4n) is 3.55. The second-order valence-corrected chi connectivity index (χ2v) is 8.45. The summed E-state index contributed by atoms with van der Waals surface area (Å²) >= 11 is 1.44. The van der Waals surface area contributed by atoms with Gasteiger partial charge in [-0.3, -0.25) is 4.79 Å². The van der Waals surface area contributed by atoms with E-state index in [4.69, 9.17) is 0 Å². The molecule has 0 atom stereocenters. The number of benzene rings is 1. The zero-order chi connectivity index (χ0) is 20.4. The van der Waals surface area contributed by atoms with Crippen LogP contribution >= 0.6 is 11.8 Å². The third-order valence-electron chi connectivity index (χ3n) is 4.58. The summed E-state index contributed by atoms with van der Waals surface area (Å²) in [6.07, 6.45) is 0. The van der Waals surface area contributed by atoms with Gasteiger partial charge < -0.3 is 4.90 Å². The Kier molecular flexibility index (Phi) is 6.03. The Morgan fingerprint density at radius 2 is 1.71 bits per heavy atom. The van der Waals surface area contributed by atoms with Crippen molar-refractivity contribution < 1.29 is 4.79 Å². The van der Waals surface area contributed by atoms with E-state index < -0.39 is 0 Å². The van der Waals surface area contributed by atoms with Gasteiger partial charge in [0, 0.05) is 28.6 Å². The zero-order valence-electron chi connectivity index (χ0n) is 17.3. The Hall–Kier alpha value is -2.41. The van der Waals surface area contributed by atoms with E-state index in [2.05, 4.69) is 15.3 Å². The molecule has 0 bridgehead atoms. The van der Waals surface area contributed by atoms with Gasteiger partial charge in [0.1, 0.15) is 5.03 Å². The van der Waals surface area contributed by atoms with Gasteiger partial charge in [0.25, 0.3) is 0 Å². The third kappa shape index (κ3) is 4.04. The topological polar surface area (TPSA) is 63.9 Å². The van der Waals surface area contributed by atoms with Gasteiger partial charge in [-0.15, -0.1) is 10.2 Å². The molecule has 1 amide bonds. The Morgan fingerprint density at radius 3 is 2.29 bits per heavy atom. The van der Waals surface area contributed by atoms with Crippen molar-refractivity contribution in [2.75, 3.05) is 5.75 Å². The molecule has 0 aliphatic heterocycles. The molecular formula is C21H27N5OS. The standard InChI is InChI=1S/C21H27N5OS/c1-13(2)25(14(3)4)19(27)12-28-21-18-10-8-7-9-17(18)20(22-23-21)26-16(6)11-15(5)24-26/h7-11,13-14H,12H2,1-6H3. The maximum absolute atomic E-state index is 12.7. The number of carbonyl (C=O) groups is 1. The summed E-state index contributed by atoms with van der Waals surface area (Å²) in [5, 5.41) is 16.2. The SMILES string of the molecule is Cc1cc(C)n(-c2nnc(SCC(=O)N(C(C)C)C(C)C)c3ccccc23)n1. The largest absolute Gasteiger partial charge is 0.337 e. The molecule has 148 valence electrons. The summed E-state index contributed by atoms with van der Waals surface area (Å²) in [6, 6.07) is 10.4. The number of rotatable bonds is 6.